The standard InChI is InChI=1S/C15H22FNO2S/c1-2-20(18,19)11-10-17-15-5-3-4-14(15)12-6-8-13(16)9-7-12/h6-9,14-15,17H,2-5,10-11H2,1H3. The highest BCUT2D eigenvalue weighted by atomic mass is 32.2. The van der Waals surface area contributed by atoms with E-state index in [0.29, 0.717) is 18.5 Å². The molecule has 1 saturated carbocycles. The Hall–Kier alpha value is -0.940. The van der Waals surface area contributed by atoms with Gasteiger partial charge in [0.25, 0.3) is 0 Å². The number of halogens is 1. The van der Waals surface area contributed by atoms with Gasteiger partial charge in [-0.25, -0.2) is 12.8 Å². The summed E-state index contributed by atoms with van der Waals surface area (Å²) in [6.07, 6.45) is 3.25. The molecule has 2 rings (SSSR count). The van der Waals surface area contributed by atoms with Crippen molar-refractivity contribution in [2.24, 2.45) is 0 Å². The van der Waals surface area contributed by atoms with Crippen molar-refractivity contribution in [3.05, 3.63) is 35.6 Å². The van der Waals surface area contributed by atoms with Gasteiger partial charge in [-0.3, -0.25) is 0 Å². The lowest BCUT2D eigenvalue weighted by Gasteiger charge is -2.21. The summed E-state index contributed by atoms with van der Waals surface area (Å²) in [4.78, 5) is 0. The van der Waals surface area contributed by atoms with Gasteiger partial charge in [-0.2, -0.15) is 0 Å². The van der Waals surface area contributed by atoms with Crippen LogP contribution in [0.15, 0.2) is 24.3 Å². The monoisotopic (exact) mass is 299 g/mol. The molecule has 1 aliphatic rings. The second kappa shape index (κ2) is 6.68. The summed E-state index contributed by atoms with van der Waals surface area (Å²) in [5.74, 6) is 0.530. The Bertz CT molecular complexity index is 527. The molecule has 3 nitrogen and oxygen atoms in total. The van der Waals surface area contributed by atoms with Crippen LogP contribution in [-0.4, -0.2) is 32.5 Å². The lowest BCUT2D eigenvalue weighted by atomic mass is 9.94. The van der Waals surface area contributed by atoms with Crippen LogP contribution in [0.2, 0.25) is 0 Å². The predicted molar refractivity (Wildman–Crippen MR) is 79.1 cm³/mol. The lowest BCUT2D eigenvalue weighted by molar-refractivity contribution is 0.490. The molecule has 0 heterocycles. The van der Waals surface area contributed by atoms with Crippen LogP contribution in [0.5, 0.6) is 0 Å². The molecule has 0 amide bonds. The Kier molecular flexibility index (Phi) is 5.16. The van der Waals surface area contributed by atoms with Crippen LogP contribution in [0.25, 0.3) is 0 Å². The highest BCUT2D eigenvalue weighted by Gasteiger charge is 2.28. The number of sulfone groups is 1. The number of hydrogen-bond donors (Lipinski definition) is 1. The largest absolute Gasteiger partial charge is 0.312 e. The summed E-state index contributed by atoms with van der Waals surface area (Å²) in [6.45, 7) is 2.17. The van der Waals surface area contributed by atoms with E-state index in [2.05, 4.69) is 5.32 Å². The van der Waals surface area contributed by atoms with Crippen molar-refractivity contribution in [1.82, 2.24) is 5.32 Å². The molecule has 1 aromatic carbocycles. The van der Waals surface area contributed by atoms with E-state index in [-0.39, 0.29) is 17.3 Å². The van der Waals surface area contributed by atoms with Crippen LogP contribution in [0.4, 0.5) is 4.39 Å². The van der Waals surface area contributed by atoms with E-state index in [1.54, 1.807) is 6.92 Å². The molecule has 20 heavy (non-hydrogen) atoms. The van der Waals surface area contributed by atoms with Gasteiger partial charge < -0.3 is 5.32 Å². The fourth-order valence-corrected chi connectivity index (χ4v) is 3.58. The zero-order valence-electron chi connectivity index (χ0n) is 11.8. The van der Waals surface area contributed by atoms with Gasteiger partial charge in [0.05, 0.1) is 5.75 Å². The van der Waals surface area contributed by atoms with Crippen molar-refractivity contribution < 1.29 is 12.8 Å². The SMILES string of the molecule is CCS(=O)(=O)CCNC1CCCC1c1ccc(F)cc1. The van der Waals surface area contributed by atoms with E-state index in [1.165, 1.54) is 12.1 Å². The van der Waals surface area contributed by atoms with E-state index in [0.717, 1.165) is 24.8 Å². The third-order valence-corrected chi connectivity index (χ3v) is 5.78. The van der Waals surface area contributed by atoms with Crippen LogP contribution in [0, 0.1) is 5.82 Å². The minimum atomic E-state index is -2.91. The maximum Gasteiger partial charge on any atom is 0.151 e. The zero-order chi connectivity index (χ0) is 14.6. The van der Waals surface area contributed by atoms with Crippen LogP contribution in [0.1, 0.15) is 37.7 Å². The first-order valence-electron chi connectivity index (χ1n) is 7.21. The highest BCUT2D eigenvalue weighted by Crippen LogP contribution is 2.34. The quantitative estimate of drug-likeness (QED) is 0.878. The van der Waals surface area contributed by atoms with E-state index in [1.807, 2.05) is 12.1 Å². The molecular weight excluding hydrogens is 277 g/mol. The molecule has 1 fully saturated rings. The molecule has 112 valence electrons. The molecule has 0 aliphatic heterocycles. The van der Waals surface area contributed by atoms with Gasteiger partial charge in [0.2, 0.25) is 0 Å². The van der Waals surface area contributed by atoms with Crippen molar-refractivity contribution in [2.45, 2.75) is 38.1 Å². The molecule has 5 heteroatoms. The minimum absolute atomic E-state index is 0.191. The van der Waals surface area contributed by atoms with Gasteiger partial charge in [-0.1, -0.05) is 25.5 Å². The summed E-state index contributed by atoms with van der Waals surface area (Å²) in [6, 6.07) is 6.96. The molecule has 2 unspecified atom stereocenters. The molecule has 1 aromatic rings. The van der Waals surface area contributed by atoms with Crippen LogP contribution in [-0.2, 0) is 9.84 Å². The topological polar surface area (TPSA) is 46.2 Å². The molecule has 0 saturated heterocycles. The molecular formula is C15H22FNO2S. The van der Waals surface area contributed by atoms with E-state index in [4.69, 9.17) is 0 Å². The molecule has 0 spiro atoms. The highest BCUT2D eigenvalue weighted by molar-refractivity contribution is 7.91. The molecule has 2 atom stereocenters. The number of rotatable bonds is 6. The Morgan fingerprint density at radius 2 is 1.95 bits per heavy atom. The first-order chi connectivity index (χ1) is 9.52. The lowest BCUT2D eigenvalue weighted by Crippen LogP contribution is -2.35. The minimum Gasteiger partial charge on any atom is -0.312 e. The predicted octanol–water partition coefficient (Wildman–Crippen LogP) is 2.49. The summed E-state index contributed by atoms with van der Waals surface area (Å²) < 4.78 is 35.9. The van der Waals surface area contributed by atoms with E-state index < -0.39 is 9.84 Å². The Balaban J connectivity index is 1.92. The Morgan fingerprint density at radius 3 is 2.60 bits per heavy atom. The van der Waals surface area contributed by atoms with Gasteiger partial charge in [0.15, 0.2) is 9.84 Å². The van der Waals surface area contributed by atoms with Gasteiger partial charge in [-0.15, -0.1) is 0 Å². The smallest absolute Gasteiger partial charge is 0.151 e. The first kappa shape index (κ1) is 15.4. The van der Waals surface area contributed by atoms with Crippen molar-refractivity contribution in [3.8, 4) is 0 Å². The molecule has 0 aromatic heterocycles. The maximum absolute atomic E-state index is 13.0. The van der Waals surface area contributed by atoms with Gasteiger partial charge in [0, 0.05) is 18.3 Å². The second-order valence-electron chi connectivity index (χ2n) is 5.39. The van der Waals surface area contributed by atoms with Crippen LogP contribution < -0.4 is 5.32 Å². The normalized spacial score (nSPS) is 23.1. The van der Waals surface area contributed by atoms with Crippen molar-refractivity contribution in [3.63, 3.8) is 0 Å². The van der Waals surface area contributed by atoms with E-state index in [9.17, 15) is 12.8 Å². The molecule has 0 radical (unpaired) electrons. The van der Waals surface area contributed by atoms with Gasteiger partial charge in [0.1, 0.15) is 5.82 Å². The second-order valence-corrected chi connectivity index (χ2v) is 7.86. The van der Waals surface area contributed by atoms with Crippen molar-refractivity contribution in [2.75, 3.05) is 18.1 Å². The first-order valence-corrected chi connectivity index (χ1v) is 9.03. The van der Waals surface area contributed by atoms with Crippen molar-refractivity contribution in [1.29, 1.82) is 0 Å². The third-order valence-electron chi connectivity index (χ3n) is 4.07. The molecule has 1 N–H and O–H groups in total. The maximum atomic E-state index is 13.0. The summed E-state index contributed by atoms with van der Waals surface area (Å²) in [5, 5.41) is 3.36. The van der Waals surface area contributed by atoms with Crippen molar-refractivity contribution >= 4 is 9.84 Å². The van der Waals surface area contributed by atoms with Gasteiger partial charge >= 0.3 is 0 Å². The molecule has 0 bridgehead atoms. The summed E-state index contributed by atoms with van der Waals surface area (Å²) in [7, 11) is -2.91. The number of benzene rings is 1. The summed E-state index contributed by atoms with van der Waals surface area (Å²) in [5.41, 5.74) is 1.14. The van der Waals surface area contributed by atoms with Crippen LogP contribution >= 0.6 is 0 Å². The van der Waals surface area contributed by atoms with E-state index >= 15 is 0 Å². The number of nitrogens with one attached hydrogen (secondary N) is 1. The average molecular weight is 299 g/mol. The third kappa shape index (κ3) is 4.03. The zero-order valence-corrected chi connectivity index (χ0v) is 12.6. The average Bonchev–Trinajstić information content (AvgIpc) is 2.88. The fraction of sp³-hybridized carbons (Fsp3) is 0.600. The Morgan fingerprint density at radius 1 is 1.25 bits per heavy atom. The van der Waals surface area contributed by atoms with Crippen LogP contribution in [0.3, 0.4) is 0 Å². The summed E-state index contributed by atoms with van der Waals surface area (Å²) >= 11 is 0. The molecule has 1 aliphatic carbocycles. The van der Waals surface area contributed by atoms with Gasteiger partial charge in [-0.05, 0) is 36.5 Å². The Labute approximate surface area is 120 Å². The number of hydrogen-bond acceptors (Lipinski definition) is 3. The fourth-order valence-electron chi connectivity index (χ4n) is 2.86.